The Morgan fingerprint density at radius 1 is 1.03 bits per heavy atom. The van der Waals surface area contributed by atoms with Gasteiger partial charge in [-0.25, -0.2) is 0 Å². The minimum absolute atomic E-state index is 0.0464. The SMILES string of the molecule is Nc1ccccc1NC(=O)c1ccc(OCCN(C=O)c2oc3ccccc3c2COCC(F)(F)F)cc1. The molecule has 0 aliphatic rings. The molecule has 0 aliphatic heterocycles. The number of rotatable bonds is 11. The fraction of sp³-hybridized carbons (Fsp3) is 0.185. The Kier molecular flexibility index (Phi) is 8.17. The molecule has 11 heteroatoms. The van der Waals surface area contributed by atoms with Crippen molar-refractivity contribution in [3.63, 3.8) is 0 Å². The lowest BCUT2D eigenvalue weighted by molar-refractivity contribution is -0.176. The zero-order valence-corrected chi connectivity index (χ0v) is 20.0. The summed E-state index contributed by atoms with van der Waals surface area (Å²) in [5.74, 6) is 0.191. The van der Waals surface area contributed by atoms with Gasteiger partial charge in [0.05, 0.1) is 24.5 Å². The van der Waals surface area contributed by atoms with Crippen LogP contribution in [0, 0.1) is 0 Å². The second-order valence-corrected chi connectivity index (χ2v) is 8.20. The highest BCUT2D eigenvalue weighted by Gasteiger charge is 2.28. The number of para-hydroxylation sites is 3. The number of amides is 2. The number of nitrogen functional groups attached to an aromatic ring is 1. The zero-order valence-electron chi connectivity index (χ0n) is 20.0. The van der Waals surface area contributed by atoms with Gasteiger partial charge >= 0.3 is 6.18 Å². The number of hydrogen-bond acceptors (Lipinski definition) is 6. The Labute approximate surface area is 215 Å². The fourth-order valence-corrected chi connectivity index (χ4v) is 3.70. The third-order valence-corrected chi connectivity index (χ3v) is 5.50. The van der Waals surface area contributed by atoms with Gasteiger partial charge in [0.25, 0.3) is 5.91 Å². The maximum atomic E-state index is 12.6. The van der Waals surface area contributed by atoms with Crippen LogP contribution in [0.1, 0.15) is 15.9 Å². The van der Waals surface area contributed by atoms with E-state index >= 15 is 0 Å². The van der Waals surface area contributed by atoms with Crippen LogP contribution in [0.2, 0.25) is 0 Å². The van der Waals surface area contributed by atoms with E-state index in [4.69, 9.17) is 19.6 Å². The number of ether oxygens (including phenoxy) is 2. The number of furan rings is 1. The van der Waals surface area contributed by atoms with Crippen LogP contribution < -0.4 is 20.7 Å². The summed E-state index contributed by atoms with van der Waals surface area (Å²) in [6.07, 6.45) is -3.97. The van der Waals surface area contributed by atoms with E-state index in [9.17, 15) is 22.8 Å². The van der Waals surface area contributed by atoms with Crippen LogP contribution in [-0.4, -0.2) is 38.3 Å². The normalized spacial score (nSPS) is 11.3. The highest BCUT2D eigenvalue weighted by atomic mass is 19.4. The molecule has 0 unspecified atom stereocenters. The van der Waals surface area contributed by atoms with Gasteiger partial charge in [-0.15, -0.1) is 0 Å². The largest absolute Gasteiger partial charge is 0.492 e. The standard InChI is InChI=1S/C27H24F3N3O5/c28-27(29,30)16-36-15-21-20-5-1-4-8-24(20)38-26(21)33(17-34)13-14-37-19-11-9-18(10-12-19)25(35)32-23-7-3-2-6-22(23)31/h1-12,17H,13-16,31H2,(H,32,35). The average molecular weight is 527 g/mol. The molecule has 198 valence electrons. The molecule has 38 heavy (non-hydrogen) atoms. The molecule has 0 saturated heterocycles. The van der Waals surface area contributed by atoms with Crippen LogP contribution in [0.3, 0.4) is 0 Å². The summed E-state index contributed by atoms with van der Waals surface area (Å²) in [5.41, 5.74) is 7.92. The van der Waals surface area contributed by atoms with E-state index in [0.29, 0.717) is 45.6 Å². The Bertz CT molecular complexity index is 1400. The summed E-state index contributed by atoms with van der Waals surface area (Å²) in [6.45, 7) is -1.73. The molecule has 3 aromatic carbocycles. The van der Waals surface area contributed by atoms with Crippen LogP contribution in [0.5, 0.6) is 5.75 Å². The number of benzene rings is 3. The summed E-state index contributed by atoms with van der Waals surface area (Å²) in [7, 11) is 0. The number of nitrogens with two attached hydrogens (primary N) is 1. The van der Waals surface area contributed by atoms with Gasteiger partial charge in [0.1, 0.15) is 24.5 Å². The predicted molar refractivity (Wildman–Crippen MR) is 136 cm³/mol. The minimum Gasteiger partial charge on any atom is -0.492 e. The number of nitrogens with one attached hydrogen (secondary N) is 1. The highest BCUT2D eigenvalue weighted by molar-refractivity contribution is 6.05. The Morgan fingerprint density at radius 3 is 2.45 bits per heavy atom. The second kappa shape index (κ2) is 11.7. The monoisotopic (exact) mass is 527 g/mol. The van der Waals surface area contributed by atoms with E-state index in [1.54, 1.807) is 72.8 Å². The van der Waals surface area contributed by atoms with E-state index < -0.39 is 19.4 Å². The third-order valence-electron chi connectivity index (χ3n) is 5.50. The molecule has 2 amide bonds. The van der Waals surface area contributed by atoms with Gasteiger partial charge in [-0.05, 0) is 42.5 Å². The topological polar surface area (TPSA) is 107 Å². The van der Waals surface area contributed by atoms with Gasteiger partial charge in [0.2, 0.25) is 12.3 Å². The first-order valence-electron chi connectivity index (χ1n) is 11.5. The van der Waals surface area contributed by atoms with Gasteiger partial charge in [0.15, 0.2) is 0 Å². The lowest BCUT2D eigenvalue weighted by Gasteiger charge is -2.17. The van der Waals surface area contributed by atoms with Crippen molar-refractivity contribution in [1.29, 1.82) is 0 Å². The smallest absolute Gasteiger partial charge is 0.411 e. The maximum absolute atomic E-state index is 12.6. The molecule has 0 saturated carbocycles. The van der Waals surface area contributed by atoms with Gasteiger partial charge < -0.3 is 24.9 Å². The summed E-state index contributed by atoms with van der Waals surface area (Å²) >= 11 is 0. The quantitative estimate of drug-likeness (QED) is 0.200. The summed E-state index contributed by atoms with van der Waals surface area (Å²) in [5, 5.41) is 3.28. The molecule has 4 aromatic rings. The van der Waals surface area contributed by atoms with E-state index in [0.717, 1.165) is 0 Å². The molecule has 0 fully saturated rings. The molecule has 0 bridgehead atoms. The molecule has 8 nitrogen and oxygen atoms in total. The second-order valence-electron chi connectivity index (χ2n) is 8.20. The Hall–Kier alpha value is -4.51. The van der Waals surface area contributed by atoms with Crippen molar-refractivity contribution >= 4 is 40.5 Å². The Balaban J connectivity index is 1.38. The van der Waals surface area contributed by atoms with Crippen molar-refractivity contribution in [2.75, 3.05) is 35.7 Å². The summed E-state index contributed by atoms with van der Waals surface area (Å²) in [6, 6.07) is 20.0. The van der Waals surface area contributed by atoms with Gasteiger partial charge in [-0.2, -0.15) is 13.2 Å². The van der Waals surface area contributed by atoms with Crippen LogP contribution in [-0.2, 0) is 16.1 Å². The molecule has 3 N–H and O–H groups in total. The number of alkyl halides is 3. The lowest BCUT2D eigenvalue weighted by atomic mass is 10.1. The number of fused-ring (bicyclic) bond motifs is 1. The summed E-state index contributed by atoms with van der Waals surface area (Å²) in [4.78, 5) is 25.5. The molecule has 0 spiro atoms. The van der Waals surface area contributed by atoms with Crippen LogP contribution in [0.4, 0.5) is 30.4 Å². The number of carbonyl (C=O) groups excluding carboxylic acids is 2. The minimum atomic E-state index is -4.48. The first-order valence-corrected chi connectivity index (χ1v) is 11.5. The van der Waals surface area contributed by atoms with Crippen LogP contribution in [0.15, 0.2) is 77.2 Å². The molecular weight excluding hydrogens is 503 g/mol. The zero-order chi connectivity index (χ0) is 27.1. The van der Waals surface area contributed by atoms with E-state index in [1.165, 1.54) is 4.90 Å². The molecule has 0 aliphatic carbocycles. The Morgan fingerprint density at radius 2 is 1.74 bits per heavy atom. The third kappa shape index (κ3) is 6.62. The van der Waals surface area contributed by atoms with Gasteiger partial charge in [0, 0.05) is 16.5 Å². The number of nitrogens with zero attached hydrogens (tertiary/aromatic N) is 1. The molecule has 0 radical (unpaired) electrons. The number of hydrogen-bond donors (Lipinski definition) is 2. The fourth-order valence-electron chi connectivity index (χ4n) is 3.70. The first-order chi connectivity index (χ1) is 18.2. The molecule has 1 aromatic heterocycles. The van der Waals surface area contributed by atoms with Gasteiger partial charge in [-0.1, -0.05) is 30.3 Å². The average Bonchev–Trinajstić information content (AvgIpc) is 3.26. The lowest BCUT2D eigenvalue weighted by Crippen LogP contribution is -2.27. The van der Waals surface area contributed by atoms with E-state index in [-0.39, 0.29) is 24.9 Å². The predicted octanol–water partition coefficient (Wildman–Crippen LogP) is 5.39. The summed E-state index contributed by atoms with van der Waals surface area (Å²) < 4.78 is 54.0. The number of anilines is 3. The maximum Gasteiger partial charge on any atom is 0.411 e. The van der Waals surface area contributed by atoms with Crippen molar-refractivity contribution in [3.8, 4) is 5.75 Å². The molecule has 0 atom stereocenters. The van der Waals surface area contributed by atoms with Crippen molar-refractivity contribution < 1.29 is 36.7 Å². The van der Waals surface area contributed by atoms with Crippen LogP contribution >= 0.6 is 0 Å². The van der Waals surface area contributed by atoms with Crippen molar-refractivity contribution in [3.05, 3.63) is 83.9 Å². The highest BCUT2D eigenvalue weighted by Crippen LogP contribution is 2.33. The van der Waals surface area contributed by atoms with Crippen molar-refractivity contribution in [1.82, 2.24) is 0 Å². The van der Waals surface area contributed by atoms with Crippen molar-refractivity contribution in [2.45, 2.75) is 12.8 Å². The molecule has 4 rings (SSSR count). The number of halogens is 3. The molecular formula is C27H24F3N3O5. The number of carbonyl (C=O) groups is 2. The van der Waals surface area contributed by atoms with E-state index in [1.807, 2.05) is 0 Å². The van der Waals surface area contributed by atoms with Gasteiger partial charge in [-0.3, -0.25) is 14.5 Å². The molecule has 1 heterocycles. The van der Waals surface area contributed by atoms with Crippen LogP contribution in [0.25, 0.3) is 11.0 Å². The van der Waals surface area contributed by atoms with E-state index in [2.05, 4.69) is 5.32 Å². The van der Waals surface area contributed by atoms with Crippen molar-refractivity contribution in [2.24, 2.45) is 0 Å². The first kappa shape index (κ1) is 26.6.